The summed E-state index contributed by atoms with van der Waals surface area (Å²) in [5, 5.41) is 2.58. The van der Waals surface area contributed by atoms with Crippen LogP contribution in [0.15, 0.2) is 42.0 Å². The molecule has 1 atom stereocenters. The van der Waals surface area contributed by atoms with Crippen LogP contribution in [0.25, 0.3) is 6.08 Å². The molecule has 0 heterocycles. The van der Waals surface area contributed by atoms with Crippen LogP contribution in [0.5, 0.6) is 0 Å². The van der Waals surface area contributed by atoms with E-state index in [1.165, 1.54) is 18.2 Å². The number of benzene rings is 1. The van der Waals surface area contributed by atoms with Gasteiger partial charge in [-0.25, -0.2) is 9.18 Å². The largest absolute Gasteiger partial charge is 0.450 e. The number of alkyl carbamates (subject to hydrolysis) is 1. The molecule has 0 bridgehead atoms. The molecule has 4 nitrogen and oxygen atoms in total. The van der Waals surface area contributed by atoms with Gasteiger partial charge >= 0.3 is 6.09 Å². The molecule has 1 amide bonds. The van der Waals surface area contributed by atoms with Gasteiger partial charge in [0.15, 0.2) is 5.78 Å². The van der Waals surface area contributed by atoms with Crippen LogP contribution >= 0.6 is 0 Å². The standard InChI is InChI=1S/C15H14FNO3/c1-2-20-15(19)17-13-7-8-14(18)12(13)9-10-3-5-11(16)6-4-10/h3-9,13H,2H2,1H3,(H,17,19). The average molecular weight is 275 g/mol. The number of carbonyl (C=O) groups is 2. The van der Waals surface area contributed by atoms with Crippen LogP contribution in [-0.2, 0) is 9.53 Å². The minimum Gasteiger partial charge on any atom is -0.450 e. The molecule has 104 valence electrons. The van der Waals surface area contributed by atoms with E-state index in [9.17, 15) is 14.0 Å². The van der Waals surface area contributed by atoms with Crippen molar-refractivity contribution in [1.82, 2.24) is 5.32 Å². The monoisotopic (exact) mass is 275 g/mol. The molecule has 0 spiro atoms. The second-order valence-electron chi connectivity index (χ2n) is 4.22. The molecule has 1 unspecified atom stereocenters. The lowest BCUT2D eigenvalue weighted by Gasteiger charge is -2.12. The minimum absolute atomic E-state index is 0.184. The Morgan fingerprint density at radius 3 is 2.75 bits per heavy atom. The number of ketones is 1. The lowest BCUT2D eigenvalue weighted by Crippen LogP contribution is -2.34. The zero-order valence-corrected chi connectivity index (χ0v) is 10.9. The molecule has 1 aliphatic carbocycles. The van der Waals surface area contributed by atoms with Crippen LogP contribution in [0, 0.1) is 5.82 Å². The fourth-order valence-corrected chi connectivity index (χ4v) is 1.86. The number of hydrogen-bond acceptors (Lipinski definition) is 3. The molecule has 1 N–H and O–H groups in total. The van der Waals surface area contributed by atoms with Crippen LogP contribution in [0.4, 0.5) is 9.18 Å². The molecule has 1 aromatic carbocycles. The number of nitrogens with one attached hydrogen (secondary N) is 1. The van der Waals surface area contributed by atoms with E-state index in [2.05, 4.69) is 5.32 Å². The summed E-state index contributed by atoms with van der Waals surface area (Å²) in [6, 6.07) is 5.23. The lowest BCUT2D eigenvalue weighted by atomic mass is 10.1. The second kappa shape index (κ2) is 6.14. The number of halogens is 1. The number of ether oxygens (including phenoxy) is 1. The van der Waals surface area contributed by atoms with Crippen LogP contribution in [0.3, 0.4) is 0 Å². The number of hydrogen-bond donors (Lipinski definition) is 1. The molecule has 0 saturated heterocycles. The maximum atomic E-state index is 12.8. The summed E-state index contributed by atoms with van der Waals surface area (Å²) in [5.74, 6) is -0.527. The number of rotatable bonds is 3. The normalized spacial score (nSPS) is 19.4. The van der Waals surface area contributed by atoms with Gasteiger partial charge in [-0.3, -0.25) is 4.79 Å². The quantitative estimate of drug-likeness (QED) is 0.862. The molecular formula is C15H14FNO3. The summed E-state index contributed by atoms with van der Waals surface area (Å²) >= 11 is 0. The molecule has 1 aromatic rings. The molecule has 2 rings (SSSR count). The van der Waals surface area contributed by atoms with Crippen molar-refractivity contribution in [3.05, 3.63) is 53.4 Å². The Morgan fingerprint density at radius 1 is 1.40 bits per heavy atom. The molecular weight excluding hydrogens is 261 g/mol. The van der Waals surface area contributed by atoms with Gasteiger partial charge in [0.05, 0.1) is 12.6 Å². The zero-order valence-electron chi connectivity index (χ0n) is 10.9. The SMILES string of the molecule is CCOC(=O)NC1C=CC(=O)C1=Cc1ccc(F)cc1. The fraction of sp³-hybridized carbons (Fsp3) is 0.200. The third-order valence-corrected chi connectivity index (χ3v) is 2.80. The van der Waals surface area contributed by atoms with E-state index in [0.717, 1.165) is 0 Å². The first-order valence-corrected chi connectivity index (χ1v) is 6.23. The Kier molecular flexibility index (Phi) is 4.30. The van der Waals surface area contributed by atoms with E-state index >= 15 is 0 Å². The van der Waals surface area contributed by atoms with Gasteiger partial charge in [-0.1, -0.05) is 18.2 Å². The minimum atomic E-state index is -0.582. The summed E-state index contributed by atoms with van der Waals surface area (Å²) in [6.07, 6.45) is 4.03. The van der Waals surface area contributed by atoms with E-state index in [0.29, 0.717) is 11.1 Å². The van der Waals surface area contributed by atoms with Crippen molar-refractivity contribution >= 4 is 18.0 Å². The van der Waals surface area contributed by atoms with Gasteiger partial charge in [0.2, 0.25) is 0 Å². The Morgan fingerprint density at radius 2 is 2.10 bits per heavy atom. The summed E-state index contributed by atoms with van der Waals surface area (Å²) in [6.45, 7) is 1.96. The van der Waals surface area contributed by atoms with Crippen LogP contribution < -0.4 is 5.32 Å². The van der Waals surface area contributed by atoms with E-state index in [4.69, 9.17) is 4.74 Å². The summed E-state index contributed by atoms with van der Waals surface area (Å²) in [4.78, 5) is 23.2. The number of carbonyl (C=O) groups excluding carboxylic acids is 2. The molecule has 5 heteroatoms. The molecule has 0 saturated carbocycles. The van der Waals surface area contributed by atoms with Crippen LogP contribution in [0.2, 0.25) is 0 Å². The highest BCUT2D eigenvalue weighted by Crippen LogP contribution is 2.18. The first-order chi connectivity index (χ1) is 9.60. The Balaban J connectivity index is 2.17. The first-order valence-electron chi connectivity index (χ1n) is 6.23. The van der Waals surface area contributed by atoms with Crippen molar-refractivity contribution in [3.8, 4) is 0 Å². The van der Waals surface area contributed by atoms with E-state index < -0.39 is 12.1 Å². The first kappa shape index (κ1) is 14.0. The van der Waals surface area contributed by atoms with Gasteiger partial charge in [-0.05, 0) is 36.8 Å². The third-order valence-electron chi connectivity index (χ3n) is 2.80. The predicted molar refractivity (Wildman–Crippen MR) is 72.5 cm³/mol. The Bertz CT molecular complexity index is 575. The third kappa shape index (κ3) is 3.32. The van der Waals surface area contributed by atoms with Crippen molar-refractivity contribution in [1.29, 1.82) is 0 Å². The zero-order chi connectivity index (χ0) is 14.5. The van der Waals surface area contributed by atoms with E-state index in [1.807, 2.05) is 0 Å². The summed E-state index contributed by atoms with van der Waals surface area (Å²) in [5.41, 5.74) is 1.11. The summed E-state index contributed by atoms with van der Waals surface area (Å²) < 4.78 is 17.6. The Hall–Kier alpha value is -2.43. The van der Waals surface area contributed by atoms with Crippen molar-refractivity contribution in [3.63, 3.8) is 0 Å². The van der Waals surface area contributed by atoms with Crippen LogP contribution in [-0.4, -0.2) is 24.5 Å². The van der Waals surface area contributed by atoms with Gasteiger partial charge in [-0.15, -0.1) is 0 Å². The van der Waals surface area contributed by atoms with Gasteiger partial charge in [0.25, 0.3) is 0 Å². The molecule has 1 aliphatic rings. The van der Waals surface area contributed by atoms with Crippen molar-refractivity contribution < 1.29 is 18.7 Å². The highest BCUT2D eigenvalue weighted by molar-refractivity contribution is 6.11. The van der Waals surface area contributed by atoms with Crippen molar-refractivity contribution in [2.75, 3.05) is 6.61 Å². The van der Waals surface area contributed by atoms with Gasteiger partial charge in [0, 0.05) is 5.57 Å². The summed E-state index contributed by atoms with van der Waals surface area (Å²) in [7, 11) is 0. The Labute approximate surface area is 115 Å². The molecule has 0 aliphatic heterocycles. The molecule has 0 aromatic heterocycles. The van der Waals surface area contributed by atoms with Gasteiger partial charge < -0.3 is 10.1 Å². The van der Waals surface area contributed by atoms with Crippen molar-refractivity contribution in [2.45, 2.75) is 13.0 Å². The van der Waals surface area contributed by atoms with Gasteiger partial charge in [0.1, 0.15) is 5.82 Å². The topological polar surface area (TPSA) is 55.4 Å². The maximum Gasteiger partial charge on any atom is 0.407 e. The maximum absolute atomic E-state index is 12.8. The highest BCUT2D eigenvalue weighted by Gasteiger charge is 2.24. The fourth-order valence-electron chi connectivity index (χ4n) is 1.86. The predicted octanol–water partition coefficient (Wildman–Crippen LogP) is 2.46. The number of amides is 1. The lowest BCUT2D eigenvalue weighted by molar-refractivity contribution is -0.111. The number of allylic oxidation sites excluding steroid dienone is 1. The average Bonchev–Trinajstić information content (AvgIpc) is 2.74. The molecule has 20 heavy (non-hydrogen) atoms. The van der Waals surface area contributed by atoms with Crippen LogP contribution in [0.1, 0.15) is 12.5 Å². The van der Waals surface area contributed by atoms with Gasteiger partial charge in [-0.2, -0.15) is 0 Å². The van der Waals surface area contributed by atoms with E-state index in [1.54, 1.807) is 31.2 Å². The van der Waals surface area contributed by atoms with Crippen molar-refractivity contribution in [2.24, 2.45) is 0 Å². The smallest absolute Gasteiger partial charge is 0.407 e. The highest BCUT2D eigenvalue weighted by atomic mass is 19.1. The van der Waals surface area contributed by atoms with E-state index in [-0.39, 0.29) is 18.2 Å². The molecule has 0 fully saturated rings. The second-order valence-corrected chi connectivity index (χ2v) is 4.22. The molecule has 0 radical (unpaired) electrons.